The summed E-state index contributed by atoms with van der Waals surface area (Å²) in [5.41, 5.74) is 0.175. The molecule has 2 spiro atoms. The van der Waals surface area contributed by atoms with Crippen molar-refractivity contribution in [3.8, 4) is 0 Å². The number of hydrogen-bond donors (Lipinski definition) is 0. The van der Waals surface area contributed by atoms with Crippen LogP contribution in [0.15, 0.2) is 5.18 Å². The van der Waals surface area contributed by atoms with Crippen LogP contribution in [0.25, 0.3) is 0 Å². The average Bonchev–Trinajstić information content (AvgIpc) is 3.46. The van der Waals surface area contributed by atoms with Gasteiger partial charge in [-0.25, -0.2) is 0 Å². The maximum absolute atomic E-state index is 12.3. The molecule has 0 aromatic heterocycles. The molecular formula is C24H37NO5. The fourth-order valence-corrected chi connectivity index (χ4v) is 9.39. The van der Waals surface area contributed by atoms with Crippen LogP contribution < -0.4 is 0 Å². The lowest BCUT2D eigenvalue weighted by atomic mass is 9.41. The van der Waals surface area contributed by atoms with E-state index in [2.05, 4.69) is 25.9 Å². The molecule has 6 heteroatoms. The highest BCUT2D eigenvalue weighted by Crippen LogP contribution is 2.71. The fraction of sp³-hybridized carbons (Fsp3) is 1.00. The van der Waals surface area contributed by atoms with Gasteiger partial charge in [-0.15, -0.1) is 0 Å². The molecule has 2 heterocycles. The largest absolute Gasteiger partial charge is 0.348 e. The van der Waals surface area contributed by atoms with Crippen molar-refractivity contribution in [2.45, 2.75) is 83.3 Å². The smallest absolute Gasteiger partial charge is 0.174 e. The first-order chi connectivity index (χ1) is 14.4. The van der Waals surface area contributed by atoms with E-state index in [0.717, 1.165) is 38.5 Å². The quantitative estimate of drug-likeness (QED) is 0.585. The highest BCUT2D eigenvalue weighted by molar-refractivity contribution is 5.17. The van der Waals surface area contributed by atoms with Gasteiger partial charge in [0.1, 0.15) is 0 Å². The van der Waals surface area contributed by atoms with Crippen molar-refractivity contribution in [3.05, 3.63) is 4.91 Å². The number of hydrogen-bond acceptors (Lipinski definition) is 6. The minimum atomic E-state index is -0.466. The lowest BCUT2D eigenvalue weighted by Gasteiger charge is -2.65. The normalized spacial score (nSPS) is 53.4. The van der Waals surface area contributed by atoms with Crippen LogP contribution in [0.2, 0.25) is 0 Å². The molecule has 30 heavy (non-hydrogen) atoms. The molecule has 4 saturated carbocycles. The van der Waals surface area contributed by atoms with Crippen molar-refractivity contribution >= 4 is 0 Å². The van der Waals surface area contributed by atoms with Gasteiger partial charge in [0.05, 0.1) is 32.5 Å². The molecule has 168 valence electrons. The second kappa shape index (κ2) is 6.49. The Morgan fingerprint density at radius 2 is 1.47 bits per heavy atom. The topological polar surface area (TPSA) is 66.4 Å². The summed E-state index contributed by atoms with van der Waals surface area (Å²) in [6.07, 6.45) is 7.33. The highest BCUT2D eigenvalue weighted by Gasteiger charge is 2.70. The Kier molecular flexibility index (Phi) is 4.34. The minimum Gasteiger partial charge on any atom is -0.348 e. The molecule has 0 N–H and O–H groups in total. The summed E-state index contributed by atoms with van der Waals surface area (Å²) in [4.78, 5) is 12.3. The molecule has 4 aliphatic carbocycles. The van der Waals surface area contributed by atoms with Crippen LogP contribution >= 0.6 is 0 Å². The van der Waals surface area contributed by atoms with E-state index >= 15 is 0 Å². The van der Waals surface area contributed by atoms with Gasteiger partial charge in [-0.3, -0.25) is 0 Å². The van der Waals surface area contributed by atoms with E-state index in [1.54, 1.807) is 0 Å². The van der Waals surface area contributed by atoms with Crippen molar-refractivity contribution < 1.29 is 18.9 Å². The Labute approximate surface area is 179 Å². The van der Waals surface area contributed by atoms with Crippen LogP contribution in [-0.4, -0.2) is 44.0 Å². The van der Waals surface area contributed by atoms with Crippen LogP contribution in [0.3, 0.4) is 0 Å². The second-order valence-corrected chi connectivity index (χ2v) is 11.6. The predicted molar refractivity (Wildman–Crippen MR) is 111 cm³/mol. The van der Waals surface area contributed by atoms with Gasteiger partial charge < -0.3 is 18.9 Å². The Hall–Kier alpha value is -0.560. The molecule has 0 radical (unpaired) electrons. The van der Waals surface area contributed by atoms with Gasteiger partial charge in [0.25, 0.3) is 0 Å². The molecule has 2 unspecified atom stereocenters. The lowest BCUT2D eigenvalue weighted by molar-refractivity contribution is -0.265. The van der Waals surface area contributed by atoms with Crippen molar-refractivity contribution in [1.29, 1.82) is 0 Å². The number of nitroso groups, excluding NO2 is 1. The summed E-state index contributed by atoms with van der Waals surface area (Å²) in [5, 5.41) is 3.81. The summed E-state index contributed by atoms with van der Waals surface area (Å²) >= 11 is 0. The van der Waals surface area contributed by atoms with Gasteiger partial charge in [0.2, 0.25) is 0 Å². The SMILES string of the molecule is C[C@@H]1C(N=O)C2CC3(CC[C@]2(C)[C@H]2CC[C@@]4(C)[C@@H](CCC45OCCO5)[C@H]12)OCCO3. The molecule has 2 aliphatic heterocycles. The molecule has 6 rings (SSSR count). The number of nitrogens with zero attached hydrogens (tertiary/aromatic N) is 1. The van der Waals surface area contributed by atoms with Crippen molar-refractivity contribution in [3.63, 3.8) is 0 Å². The summed E-state index contributed by atoms with van der Waals surface area (Å²) in [5.74, 6) is 1.35. The molecule has 6 nitrogen and oxygen atoms in total. The van der Waals surface area contributed by atoms with Crippen LogP contribution in [0.4, 0.5) is 0 Å². The van der Waals surface area contributed by atoms with E-state index in [4.69, 9.17) is 18.9 Å². The number of rotatable bonds is 1. The maximum Gasteiger partial charge on any atom is 0.174 e. The lowest BCUT2D eigenvalue weighted by Crippen LogP contribution is -2.63. The third kappa shape index (κ3) is 2.35. The van der Waals surface area contributed by atoms with E-state index in [1.807, 2.05) is 0 Å². The number of fused-ring (bicyclic) bond motifs is 6. The summed E-state index contributed by atoms with van der Waals surface area (Å²) in [6.45, 7) is 9.94. The van der Waals surface area contributed by atoms with E-state index in [9.17, 15) is 4.91 Å². The van der Waals surface area contributed by atoms with E-state index in [-0.39, 0.29) is 28.7 Å². The van der Waals surface area contributed by atoms with Gasteiger partial charge in [-0.2, -0.15) is 4.91 Å². The monoisotopic (exact) mass is 419 g/mol. The Bertz CT molecular complexity index is 716. The second-order valence-electron chi connectivity index (χ2n) is 11.6. The molecule has 0 bridgehead atoms. The zero-order valence-electron chi connectivity index (χ0n) is 18.7. The summed E-state index contributed by atoms with van der Waals surface area (Å²) in [7, 11) is 0. The average molecular weight is 420 g/mol. The van der Waals surface area contributed by atoms with Crippen molar-refractivity contribution in [1.82, 2.24) is 0 Å². The van der Waals surface area contributed by atoms with E-state index in [1.165, 1.54) is 6.42 Å². The molecule has 6 fully saturated rings. The molecule has 0 amide bonds. The predicted octanol–water partition coefficient (Wildman–Crippen LogP) is 4.51. The zero-order chi connectivity index (χ0) is 20.8. The molecular weight excluding hydrogens is 382 g/mol. The van der Waals surface area contributed by atoms with Gasteiger partial charge in [-0.05, 0) is 60.7 Å². The third-order valence-electron chi connectivity index (χ3n) is 10.9. The molecule has 0 aromatic rings. The van der Waals surface area contributed by atoms with E-state index < -0.39 is 11.6 Å². The van der Waals surface area contributed by atoms with Gasteiger partial charge >= 0.3 is 0 Å². The van der Waals surface area contributed by atoms with Gasteiger partial charge in [0.15, 0.2) is 11.6 Å². The van der Waals surface area contributed by atoms with Gasteiger partial charge in [0, 0.05) is 24.7 Å². The summed E-state index contributed by atoms with van der Waals surface area (Å²) < 4.78 is 24.8. The van der Waals surface area contributed by atoms with Crippen LogP contribution in [0, 0.1) is 45.3 Å². The first-order valence-corrected chi connectivity index (χ1v) is 12.3. The Morgan fingerprint density at radius 1 is 0.800 bits per heavy atom. The minimum absolute atomic E-state index is 0.0448. The van der Waals surface area contributed by atoms with Crippen molar-refractivity contribution in [2.24, 2.45) is 45.6 Å². The van der Waals surface area contributed by atoms with Crippen LogP contribution in [0.1, 0.15) is 65.7 Å². The van der Waals surface area contributed by atoms with Crippen LogP contribution in [0.5, 0.6) is 0 Å². The highest BCUT2D eigenvalue weighted by atomic mass is 16.7. The first kappa shape index (κ1) is 20.1. The Morgan fingerprint density at radius 3 is 2.17 bits per heavy atom. The van der Waals surface area contributed by atoms with Crippen LogP contribution in [-0.2, 0) is 18.9 Å². The molecule has 6 aliphatic rings. The molecule has 8 atom stereocenters. The Balaban J connectivity index is 1.37. The molecule has 0 aromatic carbocycles. The molecule has 2 saturated heterocycles. The van der Waals surface area contributed by atoms with Gasteiger partial charge in [-0.1, -0.05) is 25.9 Å². The standard InChI is InChI=1S/C24H37NO5/c1-15-19-16(4-6-22(3)17(19)5-7-24(22)29-12-13-30-24)21(2)8-9-23(27-10-11-28-23)14-18(21)20(15)25-26/h15-20H,4-14H2,1-3H3/t15-,16-,17-,18?,19+,20?,21+,22-/m0/s1. The summed E-state index contributed by atoms with van der Waals surface area (Å²) in [6, 6.07) is -0.162. The first-order valence-electron chi connectivity index (χ1n) is 12.3. The maximum atomic E-state index is 12.3. The van der Waals surface area contributed by atoms with E-state index in [0.29, 0.717) is 44.2 Å². The number of ether oxygens (including phenoxy) is 4. The zero-order valence-corrected chi connectivity index (χ0v) is 18.7. The van der Waals surface area contributed by atoms with Crippen molar-refractivity contribution in [2.75, 3.05) is 26.4 Å². The fourth-order valence-electron chi connectivity index (χ4n) is 9.39. The third-order valence-corrected chi connectivity index (χ3v) is 10.9.